The molecule has 1 saturated carbocycles. The van der Waals surface area contributed by atoms with E-state index < -0.39 is 44.6 Å². The second-order valence-electron chi connectivity index (χ2n) is 5.85. The first kappa shape index (κ1) is 17.8. The van der Waals surface area contributed by atoms with Crippen LogP contribution in [0.25, 0.3) is 0 Å². The van der Waals surface area contributed by atoms with Gasteiger partial charge in [-0.1, -0.05) is 31.4 Å². The first-order valence-corrected chi connectivity index (χ1v) is 10.4. The number of carboxylic acids is 2. The van der Waals surface area contributed by atoms with Gasteiger partial charge < -0.3 is 10.2 Å². The molecule has 0 spiro atoms. The molecule has 0 radical (unpaired) electrons. The summed E-state index contributed by atoms with van der Waals surface area (Å²) in [6, 6.07) is 3.32. The summed E-state index contributed by atoms with van der Waals surface area (Å²) in [7, 11) is 0. The van der Waals surface area contributed by atoms with Gasteiger partial charge in [0.05, 0.1) is 16.4 Å². The molecular weight excluding hydrogens is 415 g/mol. The summed E-state index contributed by atoms with van der Waals surface area (Å²) in [6.07, 6.45) is 4.45. The summed E-state index contributed by atoms with van der Waals surface area (Å²) >= 11 is -4.00. The average molecular weight is 434 g/mol. The summed E-state index contributed by atoms with van der Waals surface area (Å²) in [5.41, 5.74) is 1.33. The summed E-state index contributed by atoms with van der Waals surface area (Å²) in [4.78, 5) is 22.1. The molecule has 1 aliphatic rings. The van der Waals surface area contributed by atoms with Crippen molar-refractivity contribution in [2.75, 3.05) is 0 Å². The van der Waals surface area contributed by atoms with Crippen molar-refractivity contribution < 1.29 is 25.9 Å². The largest absolute Gasteiger partial charge is 0.481 e. The van der Waals surface area contributed by atoms with Gasteiger partial charge in [0, 0.05) is 0 Å². The van der Waals surface area contributed by atoms with Gasteiger partial charge in [0.2, 0.25) is 0 Å². The van der Waals surface area contributed by atoms with Crippen LogP contribution in [-0.2, 0) is 28.6 Å². The SMILES string of the molecule is O=C(O)Cc1cc(C2CCCCC2)cc(CC(=O)O)c1I(=O)=O. The molecule has 7 heteroatoms. The fourth-order valence-electron chi connectivity index (χ4n) is 3.23. The maximum Gasteiger partial charge on any atom is 0.341 e. The third-order valence-corrected chi connectivity index (χ3v) is 6.43. The summed E-state index contributed by atoms with van der Waals surface area (Å²) < 4.78 is 23.2. The van der Waals surface area contributed by atoms with E-state index in [0.29, 0.717) is 0 Å². The van der Waals surface area contributed by atoms with E-state index in [1.54, 1.807) is 12.1 Å². The molecule has 0 bridgehead atoms. The molecule has 6 nitrogen and oxygen atoms in total. The highest BCUT2D eigenvalue weighted by Gasteiger charge is 2.23. The number of hydrogen-bond acceptors (Lipinski definition) is 4. The van der Waals surface area contributed by atoms with Crippen LogP contribution in [0.5, 0.6) is 0 Å². The van der Waals surface area contributed by atoms with Crippen molar-refractivity contribution in [2.24, 2.45) is 0 Å². The molecule has 1 fully saturated rings. The number of rotatable bonds is 6. The summed E-state index contributed by atoms with van der Waals surface area (Å²) in [5, 5.41) is 18.1. The number of hydrogen-bond donors (Lipinski definition) is 2. The molecular formula is C16H19IO6. The van der Waals surface area contributed by atoms with Crippen molar-refractivity contribution in [1.29, 1.82) is 0 Å². The van der Waals surface area contributed by atoms with Crippen LogP contribution >= 0.6 is 19.8 Å². The van der Waals surface area contributed by atoms with E-state index in [-0.39, 0.29) is 20.6 Å². The fourth-order valence-corrected chi connectivity index (χ4v) is 5.05. The summed E-state index contributed by atoms with van der Waals surface area (Å²) in [5.74, 6) is -1.99. The van der Waals surface area contributed by atoms with Gasteiger partial charge in [-0.25, -0.2) is 6.14 Å². The van der Waals surface area contributed by atoms with E-state index >= 15 is 0 Å². The van der Waals surface area contributed by atoms with Crippen LogP contribution in [0.1, 0.15) is 54.7 Å². The molecule has 2 rings (SSSR count). The Balaban J connectivity index is 2.55. The Kier molecular flexibility index (Phi) is 6.09. The second kappa shape index (κ2) is 7.85. The molecule has 0 atom stereocenters. The van der Waals surface area contributed by atoms with Gasteiger partial charge in [0.25, 0.3) is 0 Å². The molecule has 0 aliphatic heterocycles. The molecule has 23 heavy (non-hydrogen) atoms. The first-order chi connectivity index (χ1) is 10.9. The fraction of sp³-hybridized carbons (Fsp3) is 0.500. The lowest BCUT2D eigenvalue weighted by molar-refractivity contribution is -0.137. The van der Waals surface area contributed by atoms with E-state index in [1.807, 2.05) is 0 Å². The Morgan fingerprint density at radius 1 is 0.957 bits per heavy atom. The van der Waals surface area contributed by atoms with Crippen molar-refractivity contribution in [3.63, 3.8) is 0 Å². The van der Waals surface area contributed by atoms with E-state index in [9.17, 15) is 15.7 Å². The van der Waals surface area contributed by atoms with Gasteiger partial charge >= 0.3 is 31.7 Å². The van der Waals surface area contributed by atoms with Crippen molar-refractivity contribution >= 4 is 31.7 Å². The molecule has 0 unspecified atom stereocenters. The van der Waals surface area contributed by atoms with E-state index in [4.69, 9.17) is 10.2 Å². The van der Waals surface area contributed by atoms with Crippen molar-refractivity contribution in [3.8, 4) is 0 Å². The standard InChI is InChI=1S/C16H19IO6/c18-14(19)8-12-6-11(10-4-2-1-3-5-10)7-13(9-15(20)21)16(12)17(22)23/h6-7,10H,1-5,8-9H2,(H,18,19)(H,20,21). The van der Waals surface area contributed by atoms with E-state index in [2.05, 4.69) is 0 Å². The van der Waals surface area contributed by atoms with Gasteiger partial charge in [-0.2, -0.15) is 0 Å². The predicted octanol–water partition coefficient (Wildman–Crippen LogP) is 3.36. The van der Waals surface area contributed by atoms with Crippen LogP contribution in [0.15, 0.2) is 12.1 Å². The number of benzene rings is 1. The van der Waals surface area contributed by atoms with Crippen LogP contribution in [0, 0.1) is 3.57 Å². The minimum absolute atomic E-state index is 0.0569. The maximum atomic E-state index is 11.6. The number of aliphatic carboxylic acids is 2. The molecule has 0 amide bonds. The van der Waals surface area contributed by atoms with Crippen molar-refractivity contribution in [2.45, 2.75) is 50.9 Å². The van der Waals surface area contributed by atoms with Crippen LogP contribution in [-0.4, -0.2) is 22.2 Å². The zero-order chi connectivity index (χ0) is 17.0. The summed E-state index contributed by atoms with van der Waals surface area (Å²) in [6.45, 7) is 0. The number of halogens is 1. The van der Waals surface area contributed by atoms with Gasteiger partial charge in [-0.15, -0.1) is 0 Å². The van der Waals surface area contributed by atoms with Crippen LogP contribution in [0.4, 0.5) is 0 Å². The molecule has 1 aromatic rings. The zero-order valence-corrected chi connectivity index (χ0v) is 14.7. The smallest absolute Gasteiger partial charge is 0.341 e. The lowest BCUT2D eigenvalue weighted by atomic mass is 9.82. The highest BCUT2D eigenvalue weighted by atomic mass is 127. The molecule has 2 N–H and O–H groups in total. The van der Waals surface area contributed by atoms with Gasteiger partial charge in [0.15, 0.2) is 0 Å². The lowest BCUT2D eigenvalue weighted by Gasteiger charge is -2.23. The van der Waals surface area contributed by atoms with Crippen LogP contribution in [0.2, 0.25) is 0 Å². The van der Waals surface area contributed by atoms with Gasteiger partial charge in [-0.3, -0.25) is 9.59 Å². The third-order valence-electron chi connectivity index (χ3n) is 4.16. The molecule has 0 saturated heterocycles. The topological polar surface area (TPSA) is 109 Å². The minimum atomic E-state index is -4.00. The lowest BCUT2D eigenvalue weighted by Crippen LogP contribution is -2.12. The third kappa shape index (κ3) is 4.73. The molecule has 126 valence electrons. The quantitative estimate of drug-likeness (QED) is 0.665. The minimum Gasteiger partial charge on any atom is -0.481 e. The van der Waals surface area contributed by atoms with E-state index in [0.717, 1.165) is 37.7 Å². The first-order valence-electron chi connectivity index (χ1n) is 7.53. The van der Waals surface area contributed by atoms with Crippen molar-refractivity contribution in [3.05, 3.63) is 32.4 Å². The Morgan fingerprint density at radius 3 is 1.83 bits per heavy atom. The normalized spacial score (nSPS) is 15.7. The monoisotopic (exact) mass is 434 g/mol. The Bertz CT molecular complexity index is 641. The molecule has 1 aliphatic carbocycles. The highest BCUT2D eigenvalue weighted by Crippen LogP contribution is 2.36. The van der Waals surface area contributed by atoms with Gasteiger partial charge in [-0.05, 0) is 35.4 Å². The van der Waals surface area contributed by atoms with E-state index in [1.165, 1.54) is 0 Å². The average Bonchev–Trinajstić information content (AvgIpc) is 2.46. The Labute approximate surface area is 141 Å². The van der Waals surface area contributed by atoms with Crippen LogP contribution in [0.3, 0.4) is 0 Å². The van der Waals surface area contributed by atoms with Crippen molar-refractivity contribution in [1.82, 2.24) is 0 Å². The molecule has 0 aromatic heterocycles. The van der Waals surface area contributed by atoms with Crippen LogP contribution < -0.4 is 0 Å². The second-order valence-corrected chi connectivity index (χ2v) is 8.17. The number of carboxylic acid groups (broad SMARTS) is 2. The molecule has 0 heterocycles. The predicted molar refractivity (Wildman–Crippen MR) is 89.0 cm³/mol. The van der Waals surface area contributed by atoms with Gasteiger partial charge in [0.1, 0.15) is 0 Å². The highest BCUT2D eigenvalue weighted by molar-refractivity contribution is 14.2. The number of carbonyl (C=O) groups is 2. The zero-order valence-electron chi connectivity index (χ0n) is 12.6. The molecule has 1 aromatic carbocycles. The maximum absolute atomic E-state index is 11.6. The Hall–Kier alpha value is -1.51. The Morgan fingerprint density at radius 2 is 1.43 bits per heavy atom.